The van der Waals surface area contributed by atoms with Crippen molar-refractivity contribution in [3.63, 3.8) is 0 Å². The Labute approximate surface area is 126 Å². The molecule has 0 saturated carbocycles. The lowest BCUT2D eigenvalue weighted by molar-refractivity contribution is 0.998. The fourth-order valence-electron chi connectivity index (χ4n) is 2.23. The highest BCUT2D eigenvalue weighted by molar-refractivity contribution is 5.92. The van der Waals surface area contributed by atoms with Gasteiger partial charge in [-0.2, -0.15) is 0 Å². The molecule has 0 amide bonds. The third kappa shape index (κ3) is 4.09. The fourth-order valence-corrected chi connectivity index (χ4v) is 2.23. The number of aryl methyl sites for hydroxylation is 3. The molecule has 3 nitrogen and oxygen atoms in total. The molecule has 2 rings (SSSR count). The molecule has 0 saturated heterocycles. The minimum Gasteiger partial charge on any atom is -0.370 e. The van der Waals surface area contributed by atoms with Crippen molar-refractivity contribution in [1.29, 1.82) is 0 Å². The molecule has 0 fully saturated rings. The van der Waals surface area contributed by atoms with Crippen molar-refractivity contribution in [3.8, 4) is 0 Å². The summed E-state index contributed by atoms with van der Waals surface area (Å²) in [6.07, 6.45) is 1.01. The van der Waals surface area contributed by atoms with E-state index in [4.69, 9.17) is 5.73 Å². The molecule has 0 atom stereocenters. The predicted octanol–water partition coefficient (Wildman–Crippen LogP) is 3.79. The van der Waals surface area contributed by atoms with Crippen molar-refractivity contribution < 1.29 is 0 Å². The second-order valence-corrected chi connectivity index (χ2v) is 5.25. The van der Waals surface area contributed by atoms with Crippen LogP contribution >= 0.6 is 0 Å². The van der Waals surface area contributed by atoms with Crippen LogP contribution < -0.4 is 11.1 Å². The Balaban J connectivity index is 2.05. The quantitative estimate of drug-likeness (QED) is 0.661. The Hall–Kier alpha value is -2.29. The van der Waals surface area contributed by atoms with Gasteiger partial charge in [0.1, 0.15) is 0 Å². The second-order valence-electron chi connectivity index (χ2n) is 5.25. The molecule has 0 aliphatic rings. The van der Waals surface area contributed by atoms with Gasteiger partial charge in [0.2, 0.25) is 0 Å². The normalized spacial score (nSPS) is 11.5. The molecular weight excluding hydrogens is 258 g/mol. The van der Waals surface area contributed by atoms with Crippen LogP contribution in [0.25, 0.3) is 0 Å². The van der Waals surface area contributed by atoms with Gasteiger partial charge in [0, 0.05) is 5.69 Å². The Bertz CT molecular complexity index is 645. The van der Waals surface area contributed by atoms with E-state index < -0.39 is 0 Å². The zero-order valence-electron chi connectivity index (χ0n) is 13.0. The lowest BCUT2D eigenvalue weighted by atomic mass is 10.1. The van der Waals surface area contributed by atoms with Crippen molar-refractivity contribution in [1.82, 2.24) is 0 Å². The van der Waals surface area contributed by atoms with Gasteiger partial charge < -0.3 is 11.1 Å². The van der Waals surface area contributed by atoms with Crippen molar-refractivity contribution in [2.45, 2.75) is 33.7 Å². The Morgan fingerprint density at radius 2 is 1.76 bits per heavy atom. The number of anilines is 1. The first kappa shape index (κ1) is 15.1. The standard InChI is InChI=1S/C18H23N3/c1-4-15-7-5-6-8-16(15)12-20-18(19)21-17-10-9-13(2)14(3)11-17/h5-11H,4,12H2,1-3H3,(H3,19,20,21). The van der Waals surface area contributed by atoms with Crippen LogP contribution in [0.5, 0.6) is 0 Å². The van der Waals surface area contributed by atoms with E-state index in [-0.39, 0.29) is 0 Å². The SMILES string of the molecule is CCc1ccccc1CN=C(N)Nc1ccc(C)c(C)c1. The summed E-state index contributed by atoms with van der Waals surface area (Å²) in [6.45, 7) is 6.94. The Kier molecular flexibility index (Phi) is 4.99. The first-order valence-corrected chi connectivity index (χ1v) is 7.31. The molecule has 0 spiro atoms. The number of benzene rings is 2. The van der Waals surface area contributed by atoms with E-state index in [1.807, 2.05) is 12.1 Å². The van der Waals surface area contributed by atoms with Gasteiger partial charge in [-0.25, -0.2) is 4.99 Å². The first-order chi connectivity index (χ1) is 10.1. The number of nitrogens with one attached hydrogen (secondary N) is 1. The van der Waals surface area contributed by atoms with E-state index in [2.05, 4.69) is 61.4 Å². The number of aliphatic imine (C=N–C) groups is 1. The Morgan fingerprint density at radius 3 is 2.43 bits per heavy atom. The summed E-state index contributed by atoms with van der Waals surface area (Å²) in [6, 6.07) is 14.5. The maximum Gasteiger partial charge on any atom is 0.193 e. The van der Waals surface area contributed by atoms with Gasteiger partial charge in [-0.3, -0.25) is 0 Å². The van der Waals surface area contributed by atoms with Crippen molar-refractivity contribution in [2.24, 2.45) is 10.7 Å². The van der Waals surface area contributed by atoms with E-state index >= 15 is 0 Å². The third-order valence-corrected chi connectivity index (χ3v) is 3.70. The molecule has 0 radical (unpaired) electrons. The molecule has 0 aromatic heterocycles. The van der Waals surface area contributed by atoms with Crippen LogP contribution in [0.4, 0.5) is 5.69 Å². The number of nitrogens with zero attached hydrogens (tertiary/aromatic N) is 1. The molecule has 3 N–H and O–H groups in total. The van der Waals surface area contributed by atoms with E-state index in [0.29, 0.717) is 12.5 Å². The van der Waals surface area contributed by atoms with Crippen LogP contribution in [-0.4, -0.2) is 5.96 Å². The van der Waals surface area contributed by atoms with E-state index in [1.165, 1.54) is 22.3 Å². The van der Waals surface area contributed by atoms with E-state index in [9.17, 15) is 0 Å². The smallest absolute Gasteiger partial charge is 0.193 e. The lowest BCUT2D eigenvalue weighted by Gasteiger charge is -2.09. The van der Waals surface area contributed by atoms with Crippen LogP contribution in [0.2, 0.25) is 0 Å². The molecule has 0 bridgehead atoms. The molecule has 0 unspecified atom stereocenters. The number of nitrogens with two attached hydrogens (primary N) is 1. The molecule has 21 heavy (non-hydrogen) atoms. The maximum atomic E-state index is 5.97. The predicted molar refractivity (Wildman–Crippen MR) is 90.7 cm³/mol. The van der Waals surface area contributed by atoms with Gasteiger partial charge in [-0.1, -0.05) is 37.3 Å². The summed E-state index contributed by atoms with van der Waals surface area (Å²) in [5.41, 5.74) is 12.0. The van der Waals surface area contributed by atoms with Gasteiger partial charge in [0.05, 0.1) is 6.54 Å². The highest BCUT2D eigenvalue weighted by Crippen LogP contribution is 2.14. The second kappa shape index (κ2) is 6.93. The largest absolute Gasteiger partial charge is 0.370 e. The zero-order chi connectivity index (χ0) is 15.2. The average molecular weight is 281 g/mol. The summed E-state index contributed by atoms with van der Waals surface area (Å²) in [4.78, 5) is 4.43. The summed E-state index contributed by atoms with van der Waals surface area (Å²) in [5.74, 6) is 0.448. The zero-order valence-corrected chi connectivity index (χ0v) is 13.0. The van der Waals surface area contributed by atoms with Crippen LogP contribution in [0.15, 0.2) is 47.5 Å². The van der Waals surface area contributed by atoms with Crippen molar-refractivity contribution in [3.05, 3.63) is 64.7 Å². The molecule has 2 aromatic rings. The van der Waals surface area contributed by atoms with Gasteiger partial charge in [0.25, 0.3) is 0 Å². The van der Waals surface area contributed by atoms with Crippen LogP contribution in [-0.2, 0) is 13.0 Å². The molecule has 0 heterocycles. The molecule has 0 aliphatic carbocycles. The van der Waals surface area contributed by atoms with Crippen LogP contribution in [0.3, 0.4) is 0 Å². The average Bonchev–Trinajstić information content (AvgIpc) is 2.49. The number of guanidine groups is 1. The fraction of sp³-hybridized carbons (Fsp3) is 0.278. The summed E-state index contributed by atoms with van der Waals surface area (Å²) in [5, 5.41) is 3.15. The summed E-state index contributed by atoms with van der Waals surface area (Å²) >= 11 is 0. The molecule has 110 valence electrons. The number of hydrogen-bond acceptors (Lipinski definition) is 1. The molecule has 0 aliphatic heterocycles. The topological polar surface area (TPSA) is 50.4 Å². The van der Waals surface area contributed by atoms with E-state index in [1.54, 1.807) is 0 Å². The number of rotatable bonds is 4. The molecular formula is C18H23N3. The minimum absolute atomic E-state index is 0.448. The van der Waals surface area contributed by atoms with Gasteiger partial charge >= 0.3 is 0 Å². The molecule has 3 heteroatoms. The van der Waals surface area contributed by atoms with Crippen LogP contribution in [0.1, 0.15) is 29.2 Å². The highest BCUT2D eigenvalue weighted by Gasteiger charge is 2.00. The highest BCUT2D eigenvalue weighted by atomic mass is 15.1. The van der Waals surface area contributed by atoms with Gasteiger partial charge in [-0.05, 0) is 54.7 Å². The van der Waals surface area contributed by atoms with Crippen molar-refractivity contribution in [2.75, 3.05) is 5.32 Å². The number of hydrogen-bond donors (Lipinski definition) is 2. The Morgan fingerprint density at radius 1 is 1.05 bits per heavy atom. The van der Waals surface area contributed by atoms with Gasteiger partial charge in [-0.15, -0.1) is 0 Å². The first-order valence-electron chi connectivity index (χ1n) is 7.31. The summed E-state index contributed by atoms with van der Waals surface area (Å²) < 4.78 is 0. The van der Waals surface area contributed by atoms with Gasteiger partial charge in [0.15, 0.2) is 5.96 Å². The monoisotopic (exact) mass is 281 g/mol. The third-order valence-electron chi connectivity index (χ3n) is 3.70. The lowest BCUT2D eigenvalue weighted by Crippen LogP contribution is -2.22. The minimum atomic E-state index is 0.448. The van der Waals surface area contributed by atoms with Crippen LogP contribution in [0, 0.1) is 13.8 Å². The summed E-state index contributed by atoms with van der Waals surface area (Å²) in [7, 11) is 0. The molecule has 2 aromatic carbocycles. The van der Waals surface area contributed by atoms with Crippen molar-refractivity contribution >= 4 is 11.6 Å². The maximum absolute atomic E-state index is 5.97. The van der Waals surface area contributed by atoms with E-state index in [0.717, 1.165) is 12.1 Å².